The smallest absolute Gasteiger partial charge is 0.260 e. The van der Waals surface area contributed by atoms with Gasteiger partial charge >= 0.3 is 0 Å². The van der Waals surface area contributed by atoms with Crippen molar-refractivity contribution in [3.05, 3.63) is 34.9 Å². The molecule has 128 valence electrons. The van der Waals surface area contributed by atoms with Gasteiger partial charge < -0.3 is 0 Å². The van der Waals surface area contributed by atoms with Gasteiger partial charge in [-0.3, -0.25) is 4.58 Å². The van der Waals surface area contributed by atoms with E-state index >= 15 is 4.39 Å². The minimum Gasteiger partial charge on any atom is -0.260 e. The zero-order valence-corrected chi connectivity index (χ0v) is 14.8. The van der Waals surface area contributed by atoms with Gasteiger partial charge in [-0.2, -0.15) is 4.39 Å². The van der Waals surface area contributed by atoms with Crippen molar-refractivity contribution >= 4 is 5.84 Å². The fraction of sp³-hybridized carbons (Fsp3) is 0.611. The Kier molecular flexibility index (Phi) is 4.53. The first kappa shape index (κ1) is 17.8. The summed E-state index contributed by atoms with van der Waals surface area (Å²) in [7, 11) is 1.81. The van der Waals surface area contributed by atoms with Crippen molar-refractivity contribution in [2.75, 3.05) is 20.1 Å². The molecule has 0 spiro atoms. The van der Waals surface area contributed by atoms with Gasteiger partial charge in [0.2, 0.25) is 0 Å². The Balaban J connectivity index is 0.000000924. The molecule has 1 aromatic rings. The molecule has 0 radical (unpaired) electrons. The molecule has 2 atom stereocenters. The second-order valence-corrected chi connectivity index (χ2v) is 6.35. The predicted molar refractivity (Wildman–Crippen MR) is 86.7 cm³/mol. The van der Waals surface area contributed by atoms with E-state index in [4.69, 9.17) is 0 Å². The summed E-state index contributed by atoms with van der Waals surface area (Å²) in [6.45, 7) is 10.3. The maximum absolute atomic E-state index is 15.6. The van der Waals surface area contributed by atoms with Crippen molar-refractivity contribution in [3.8, 4) is 0 Å². The third-order valence-electron chi connectivity index (χ3n) is 5.37. The largest absolute Gasteiger partial charge is 0.285 e. The molecular formula is C18H26F3N2+. The first-order valence-corrected chi connectivity index (χ1v) is 8.28. The summed E-state index contributed by atoms with van der Waals surface area (Å²) >= 11 is 0. The Morgan fingerprint density at radius 3 is 2.39 bits per heavy atom. The molecule has 0 aliphatic carbocycles. The second kappa shape index (κ2) is 5.84. The van der Waals surface area contributed by atoms with Crippen LogP contribution in [0.4, 0.5) is 13.2 Å². The van der Waals surface area contributed by atoms with Crippen LogP contribution >= 0.6 is 0 Å². The fourth-order valence-electron chi connectivity index (χ4n) is 3.70. The molecule has 2 aliphatic heterocycles. The van der Waals surface area contributed by atoms with E-state index in [0.717, 1.165) is 6.07 Å². The predicted octanol–water partition coefficient (Wildman–Crippen LogP) is 4.06. The number of amidine groups is 1. The summed E-state index contributed by atoms with van der Waals surface area (Å²) in [5.41, 5.74) is -0.191. The third kappa shape index (κ3) is 2.27. The van der Waals surface area contributed by atoms with Crippen LogP contribution in [0.3, 0.4) is 0 Å². The highest BCUT2D eigenvalue weighted by molar-refractivity contribution is 5.99. The maximum atomic E-state index is 15.6. The lowest BCUT2D eigenvalue weighted by atomic mass is 9.67. The van der Waals surface area contributed by atoms with Crippen molar-refractivity contribution in [2.24, 2.45) is 0 Å². The van der Waals surface area contributed by atoms with Gasteiger partial charge in [-0.1, -0.05) is 20.8 Å². The highest BCUT2D eigenvalue weighted by atomic mass is 19.1. The van der Waals surface area contributed by atoms with Gasteiger partial charge in [0.1, 0.15) is 30.3 Å². The maximum Gasteiger partial charge on any atom is 0.285 e. The summed E-state index contributed by atoms with van der Waals surface area (Å²) in [6.07, 6.45) is 0.462. The molecule has 0 bridgehead atoms. The molecule has 1 unspecified atom stereocenters. The zero-order chi connectivity index (χ0) is 17.6. The summed E-state index contributed by atoms with van der Waals surface area (Å²) < 4.78 is 45.6. The van der Waals surface area contributed by atoms with Crippen LogP contribution in [0, 0.1) is 11.6 Å². The molecule has 23 heavy (non-hydrogen) atoms. The quantitative estimate of drug-likeness (QED) is 0.557. The van der Waals surface area contributed by atoms with Gasteiger partial charge in [-0.15, -0.1) is 0 Å². The van der Waals surface area contributed by atoms with Gasteiger partial charge in [0.05, 0.1) is 12.5 Å². The number of hydrogen-bond acceptors (Lipinski definition) is 1. The lowest BCUT2D eigenvalue weighted by Gasteiger charge is -2.46. The van der Waals surface area contributed by atoms with Crippen molar-refractivity contribution < 1.29 is 17.7 Å². The van der Waals surface area contributed by atoms with Crippen molar-refractivity contribution in [3.63, 3.8) is 0 Å². The van der Waals surface area contributed by atoms with Crippen LogP contribution in [0.25, 0.3) is 0 Å². The molecule has 0 fully saturated rings. The highest BCUT2D eigenvalue weighted by Crippen LogP contribution is 2.50. The van der Waals surface area contributed by atoms with Gasteiger partial charge in [0, 0.05) is 13.0 Å². The molecular weight excluding hydrogens is 301 g/mol. The van der Waals surface area contributed by atoms with Crippen molar-refractivity contribution in [2.45, 2.75) is 52.2 Å². The summed E-state index contributed by atoms with van der Waals surface area (Å²) in [5.74, 6) is -2.43. The van der Waals surface area contributed by atoms with Crippen LogP contribution in [-0.2, 0) is 5.41 Å². The molecule has 0 saturated heterocycles. The molecule has 5 heteroatoms. The number of fused-ring (bicyclic) bond motifs is 3. The third-order valence-corrected chi connectivity index (χ3v) is 5.37. The molecule has 2 aliphatic rings. The molecule has 0 N–H and O–H groups in total. The van der Waals surface area contributed by atoms with Gasteiger partial charge in [0.15, 0.2) is 0 Å². The number of benzene rings is 1. The highest BCUT2D eigenvalue weighted by Gasteiger charge is 2.62. The fourth-order valence-corrected chi connectivity index (χ4v) is 3.70. The number of rotatable bonds is 1. The monoisotopic (exact) mass is 327 g/mol. The Hall–Kier alpha value is -1.52. The van der Waals surface area contributed by atoms with Gasteiger partial charge in [-0.25, -0.2) is 13.7 Å². The van der Waals surface area contributed by atoms with E-state index in [0.29, 0.717) is 36.5 Å². The summed E-state index contributed by atoms with van der Waals surface area (Å²) in [5, 5.41) is 0. The number of halogens is 3. The summed E-state index contributed by atoms with van der Waals surface area (Å²) in [4.78, 5) is 1.62. The molecule has 1 aromatic carbocycles. The van der Waals surface area contributed by atoms with Crippen LogP contribution in [0.2, 0.25) is 0 Å². The molecule has 0 saturated carbocycles. The van der Waals surface area contributed by atoms with E-state index in [1.54, 1.807) is 11.8 Å². The molecule has 2 heterocycles. The van der Waals surface area contributed by atoms with Crippen LogP contribution in [0.1, 0.15) is 52.2 Å². The second-order valence-electron chi connectivity index (χ2n) is 6.35. The minimum atomic E-state index is -1.69. The van der Waals surface area contributed by atoms with E-state index in [1.807, 2.05) is 32.4 Å². The van der Waals surface area contributed by atoms with Gasteiger partial charge in [0.25, 0.3) is 11.6 Å². The average molecular weight is 327 g/mol. The van der Waals surface area contributed by atoms with E-state index in [1.165, 1.54) is 13.0 Å². The number of alkyl halides is 1. The first-order valence-electron chi connectivity index (χ1n) is 8.28. The van der Waals surface area contributed by atoms with E-state index in [-0.39, 0.29) is 0 Å². The Bertz CT molecular complexity index is 652. The van der Waals surface area contributed by atoms with E-state index in [9.17, 15) is 8.78 Å². The van der Waals surface area contributed by atoms with Crippen LogP contribution in [0.15, 0.2) is 12.1 Å². The van der Waals surface area contributed by atoms with Crippen LogP contribution < -0.4 is 0 Å². The molecule has 0 amide bonds. The van der Waals surface area contributed by atoms with Crippen molar-refractivity contribution in [1.82, 2.24) is 4.90 Å². The lowest BCUT2D eigenvalue weighted by Crippen LogP contribution is -2.62. The Labute approximate surface area is 136 Å². The topological polar surface area (TPSA) is 6.25 Å². The molecule has 3 rings (SSSR count). The number of nitrogens with zero attached hydrogens (tertiary/aromatic N) is 2. The van der Waals surface area contributed by atoms with Crippen molar-refractivity contribution in [1.29, 1.82) is 0 Å². The lowest BCUT2D eigenvalue weighted by molar-refractivity contribution is -0.486. The Morgan fingerprint density at radius 2 is 1.83 bits per heavy atom. The normalized spacial score (nSPS) is 29.0. The summed E-state index contributed by atoms with van der Waals surface area (Å²) in [6, 6.07) is 2.17. The van der Waals surface area contributed by atoms with E-state index in [2.05, 4.69) is 0 Å². The molecule has 2 nitrogen and oxygen atoms in total. The van der Waals surface area contributed by atoms with E-state index < -0.39 is 22.8 Å². The average Bonchev–Trinajstić information content (AvgIpc) is 2.89. The zero-order valence-electron chi connectivity index (χ0n) is 14.8. The standard InChI is InChI=1S/C16H20F3N2.C2H6/c1-5-15(2)11-8-10(17)9-12(18)13(11)14-20(4)6-7-21(14)16(15,3)19;1-2/h8-9H,5-7H2,1-4H3;1-2H3/q+1;/t15?,16-;/m1./s1. The number of likely N-dealkylation sites (N-methyl/N-ethyl adjacent to an activating group) is 1. The SMILES string of the molecule is CC.CCC1(C)c2cc(F)cc(F)c2C2=[N+](C)CCN2[C@@]1(C)F. The van der Waals surface area contributed by atoms with Crippen LogP contribution in [0.5, 0.6) is 0 Å². The van der Waals surface area contributed by atoms with Crippen LogP contribution in [-0.4, -0.2) is 41.2 Å². The Morgan fingerprint density at radius 1 is 1.22 bits per heavy atom. The minimum absolute atomic E-state index is 0.343. The first-order chi connectivity index (χ1) is 10.7. The van der Waals surface area contributed by atoms with Gasteiger partial charge in [-0.05, 0) is 25.0 Å². The molecule has 0 aromatic heterocycles. The number of hydrogen-bond donors (Lipinski definition) is 0.